The predicted molar refractivity (Wildman–Crippen MR) is 73.4 cm³/mol. The Morgan fingerprint density at radius 3 is 2.45 bits per heavy atom. The zero-order valence-corrected chi connectivity index (χ0v) is 11.9. The van der Waals surface area contributed by atoms with Crippen molar-refractivity contribution in [3.63, 3.8) is 0 Å². The summed E-state index contributed by atoms with van der Waals surface area (Å²) >= 11 is 5.79. The van der Waals surface area contributed by atoms with Crippen molar-refractivity contribution in [2.24, 2.45) is 0 Å². The van der Waals surface area contributed by atoms with Crippen molar-refractivity contribution in [2.45, 2.75) is 11.8 Å². The van der Waals surface area contributed by atoms with E-state index in [-0.39, 0.29) is 5.69 Å². The molecule has 0 unspecified atom stereocenters. The number of aryl methyl sites for hydroxylation is 1. The summed E-state index contributed by atoms with van der Waals surface area (Å²) in [4.78, 5) is -0.627. The summed E-state index contributed by atoms with van der Waals surface area (Å²) in [6.45, 7) is 1.68. The van der Waals surface area contributed by atoms with Crippen LogP contribution >= 0.6 is 11.6 Å². The first-order chi connectivity index (χ1) is 9.29. The van der Waals surface area contributed by atoms with Gasteiger partial charge in [0.1, 0.15) is 16.5 Å². The second-order valence-electron chi connectivity index (χ2n) is 4.14. The van der Waals surface area contributed by atoms with Crippen LogP contribution in [-0.4, -0.2) is 8.42 Å². The highest BCUT2D eigenvalue weighted by Crippen LogP contribution is 2.24. The van der Waals surface area contributed by atoms with Gasteiger partial charge in [0.2, 0.25) is 0 Å². The molecule has 106 valence electrons. The molecule has 0 atom stereocenters. The van der Waals surface area contributed by atoms with Crippen LogP contribution in [0.25, 0.3) is 0 Å². The van der Waals surface area contributed by atoms with E-state index >= 15 is 0 Å². The second kappa shape index (κ2) is 5.38. The molecular formula is C13H10ClF2NO2S. The molecule has 3 nitrogen and oxygen atoms in total. The van der Waals surface area contributed by atoms with E-state index < -0.39 is 26.6 Å². The van der Waals surface area contributed by atoms with E-state index in [1.165, 1.54) is 6.07 Å². The van der Waals surface area contributed by atoms with Gasteiger partial charge in [-0.15, -0.1) is 0 Å². The molecule has 2 rings (SSSR count). The van der Waals surface area contributed by atoms with E-state index in [0.717, 1.165) is 12.1 Å². The molecule has 0 radical (unpaired) electrons. The van der Waals surface area contributed by atoms with Crippen molar-refractivity contribution in [3.8, 4) is 0 Å². The minimum Gasteiger partial charge on any atom is -0.279 e. The zero-order valence-electron chi connectivity index (χ0n) is 10.3. The molecule has 0 saturated carbocycles. The van der Waals surface area contributed by atoms with Crippen LogP contribution in [0.1, 0.15) is 5.56 Å². The van der Waals surface area contributed by atoms with Crippen LogP contribution in [-0.2, 0) is 10.0 Å². The molecule has 0 bridgehead atoms. The number of sulfonamides is 1. The lowest BCUT2D eigenvalue weighted by Crippen LogP contribution is -2.15. The number of hydrogen-bond donors (Lipinski definition) is 1. The van der Waals surface area contributed by atoms with Crippen LogP contribution in [0, 0.1) is 18.6 Å². The highest BCUT2D eigenvalue weighted by Gasteiger charge is 2.20. The van der Waals surface area contributed by atoms with Crippen molar-refractivity contribution in [1.82, 2.24) is 0 Å². The second-order valence-corrected chi connectivity index (χ2v) is 6.23. The van der Waals surface area contributed by atoms with Gasteiger partial charge in [-0.3, -0.25) is 4.72 Å². The van der Waals surface area contributed by atoms with Crippen molar-refractivity contribution < 1.29 is 17.2 Å². The lowest BCUT2D eigenvalue weighted by molar-refractivity contribution is 0.551. The highest BCUT2D eigenvalue weighted by molar-refractivity contribution is 7.92. The molecule has 7 heteroatoms. The van der Waals surface area contributed by atoms with E-state index in [0.29, 0.717) is 16.7 Å². The summed E-state index contributed by atoms with van der Waals surface area (Å²) < 4.78 is 52.7. The molecule has 1 N–H and O–H groups in total. The summed E-state index contributed by atoms with van der Waals surface area (Å²) in [6.07, 6.45) is 0. The molecule has 0 spiro atoms. The summed E-state index contributed by atoms with van der Waals surface area (Å²) in [7, 11) is -4.15. The van der Waals surface area contributed by atoms with Crippen molar-refractivity contribution in [1.29, 1.82) is 0 Å². The smallest absolute Gasteiger partial charge is 0.264 e. The zero-order chi connectivity index (χ0) is 14.9. The van der Waals surface area contributed by atoms with Crippen LogP contribution in [0.2, 0.25) is 5.02 Å². The quantitative estimate of drug-likeness (QED) is 0.937. The van der Waals surface area contributed by atoms with Crippen molar-refractivity contribution in [3.05, 3.63) is 58.6 Å². The number of rotatable bonds is 3. The highest BCUT2D eigenvalue weighted by atomic mass is 35.5. The topological polar surface area (TPSA) is 46.2 Å². The van der Waals surface area contributed by atoms with E-state index in [9.17, 15) is 17.2 Å². The Hall–Kier alpha value is -1.66. The molecule has 0 heterocycles. The van der Waals surface area contributed by atoms with Gasteiger partial charge in [0, 0.05) is 11.1 Å². The molecule has 2 aromatic rings. The Bertz CT molecular complexity index is 763. The van der Waals surface area contributed by atoms with Gasteiger partial charge in [-0.05, 0) is 36.8 Å². The normalized spacial score (nSPS) is 11.4. The van der Waals surface area contributed by atoms with Gasteiger partial charge in [0.15, 0.2) is 0 Å². The van der Waals surface area contributed by atoms with E-state index in [1.54, 1.807) is 19.1 Å². The fourth-order valence-electron chi connectivity index (χ4n) is 1.60. The molecule has 0 aliphatic carbocycles. The Morgan fingerprint density at radius 1 is 1.10 bits per heavy atom. The van der Waals surface area contributed by atoms with Crippen molar-refractivity contribution in [2.75, 3.05) is 4.72 Å². The van der Waals surface area contributed by atoms with Crippen LogP contribution in [0.4, 0.5) is 14.5 Å². The average molecular weight is 318 g/mol. The fourth-order valence-corrected chi connectivity index (χ4v) is 2.95. The van der Waals surface area contributed by atoms with Crippen LogP contribution in [0.5, 0.6) is 0 Å². The van der Waals surface area contributed by atoms with Gasteiger partial charge in [0.05, 0.1) is 5.69 Å². The van der Waals surface area contributed by atoms with Crippen LogP contribution in [0.3, 0.4) is 0 Å². The third kappa shape index (κ3) is 3.08. The lowest BCUT2D eigenvalue weighted by atomic mass is 10.2. The van der Waals surface area contributed by atoms with E-state index in [1.807, 2.05) is 0 Å². The largest absolute Gasteiger partial charge is 0.279 e. The number of anilines is 1. The number of benzene rings is 2. The summed E-state index contributed by atoms with van der Waals surface area (Å²) in [5.74, 6) is -2.00. The third-order valence-electron chi connectivity index (χ3n) is 2.63. The maximum atomic E-state index is 13.5. The Labute approximate surface area is 120 Å². The molecule has 0 aliphatic heterocycles. The number of nitrogens with one attached hydrogen (secondary N) is 1. The Morgan fingerprint density at radius 2 is 1.80 bits per heavy atom. The van der Waals surface area contributed by atoms with Crippen molar-refractivity contribution >= 4 is 27.3 Å². The van der Waals surface area contributed by atoms with Gasteiger partial charge in [-0.25, -0.2) is 17.2 Å². The first-order valence-corrected chi connectivity index (χ1v) is 7.40. The van der Waals surface area contributed by atoms with E-state index in [2.05, 4.69) is 4.72 Å². The lowest BCUT2D eigenvalue weighted by Gasteiger charge is -2.11. The molecule has 0 aromatic heterocycles. The summed E-state index contributed by atoms with van der Waals surface area (Å²) in [5.41, 5.74) is 0.863. The molecule has 0 amide bonds. The molecule has 0 saturated heterocycles. The van der Waals surface area contributed by atoms with Gasteiger partial charge in [0.25, 0.3) is 10.0 Å². The molecule has 0 aliphatic rings. The fraction of sp³-hybridized carbons (Fsp3) is 0.0769. The van der Waals surface area contributed by atoms with Gasteiger partial charge in [-0.1, -0.05) is 17.7 Å². The third-order valence-corrected chi connectivity index (χ3v) is 4.26. The first kappa shape index (κ1) is 14.7. The minimum atomic E-state index is -4.15. The number of halogens is 3. The standard InChI is InChI=1S/C13H10ClF2NO2S/c1-8-2-3-9(14)6-12(8)17-20(18,19)13-5-4-10(15)7-11(13)16/h2-7,17H,1H3. The van der Waals surface area contributed by atoms with Crippen LogP contribution < -0.4 is 4.72 Å². The maximum Gasteiger partial charge on any atom is 0.264 e. The summed E-state index contributed by atoms with van der Waals surface area (Å²) in [6, 6.07) is 6.90. The Kier molecular flexibility index (Phi) is 3.96. The minimum absolute atomic E-state index is 0.237. The molecule has 20 heavy (non-hydrogen) atoms. The molecule has 0 fully saturated rings. The maximum absolute atomic E-state index is 13.5. The average Bonchev–Trinajstić information content (AvgIpc) is 2.33. The number of hydrogen-bond acceptors (Lipinski definition) is 2. The predicted octanol–water partition coefficient (Wildman–Crippen LogP) is 3.73. The monoisotopic (exact) mass is 317 g/mol. The van der Waals surface area contributed by atoms with Gasteiger partial charge < -0.3 is 0 Å². The first-order valence-electron chi connectivity index (χ1n) is 5.53. The van der Waals surface area contributed by atoms with Gasteiger partial charge in [-0.2, -0.15) is 0 Å². The van der Waals surface area contributed by atoms with Crippen LogP contribution in [0.15, 0.2) is 41.3 Å². The molecule has 2 aromatic carbocycles. The SMILES string of the molecule is Cc1ccc(Cl)cc1NS(=O)(=O)c1ccc(F)cc1F. The molecular weight excluding hydrogens is 308 g/mol. The Balaban J connectivity index is 2.43. The summed E-state index contributed by atoms with van der Waals surface area (Å²) in [5, 5.41) is 0.341. The van der Waals surface area contributed by atoms with E-state index in [4.69, 9.17) is 11.6 Å². The van der Waals surface area contributed by atoms with Gasteiger partial charge >= 0.3 is 0 Å².